The standard InChI is InChI=1S/C14H19F/c1-4-6-7-12(5-2)13-9-8-11(3)10-14(13)15/h4,6,8-10,12H,5,7H2,1-3H3/b6-4-. The monoisotopic (exact) mass is 206 g/mol. The maximum absolute atomic E-state index is 13.7. The fourth-order valence-corrected chi connectivity index (χ4v) is 1.78. The molecule has 0 radical (unpaired) electrons. The van der Waals surface area contributed by atoms with Gasteiger partial charge in [-0.05, 0) is 49.8 Å². The van der Waals surface area contributed by atoms with Gasteiger partial charge in [-0.1, -0.05) is 31.2 Å². The maximum Gasteiger partial charge on any atom is 0.126 e. The summed E-state index contributed by atoms with van der Waals surface area (Å²) in [4.78, 5) is 0. The fraction of sp³-hybridized carbons (Fsp3) is 0.429. The van der Waals surface area contributed by atoms with Crippen molar-refractivity contribution in [3.05, 3.63) is 47.3 Å². The van der Waals surface area contributed by atoms with Gasteiger partial charge in [0.05, 0.1) is 0 Å². The van der Waals surface area contributed by atoms with Gasteiger partial charge in [0, 0.05) is 0 Å². The number of benzene rings is 1. The van der Waals surface area contributed by atoms with E-state index in [2.05, 4.69) is 13.0 Å². The first kappa shape index (κ1) is 12.0. The molecule has 0 fully saturated rings. The molecule has 82 valence electrons. The largest absolute Gasteiger partial charge is 0.207 e. The van der Waals surface area contributed by atoms with E-state index in [0.29, 0.717) is 5.92 Å². The van der Waals surface area contributed by atoms with Crippen LogP contribution in [-0.4, -0.2) is 0 Å². The van der Waals surface area contributed by atoms with Crippen LogP contribution < -0.4 is 0 Å². The molecule has 0 spiro atoms. The minimum absolute atomic E-state index is 0.0636. The van der Waals surface area contributed by atoms with Gasteiger partial charge in [0.1, 0.15) is 5.82 Å². The van der Waals surface area contributed by atoms with Crippen molar-refractivity contribution < 1.29 is 4.39 Å². The molecule has 0 aliphatic rings. The van der Waals surface area contributed by atoms with Crippen molar-refractivity contribution >= 4 is 0 Å². The third kappa shape index (κ3) is 3.19. The summed E-state index contributed by atoms with van der Waals surface area (Å²) in [6.07, 6.45) is 6.03. The van der Waals surface area contributed by atoms with E-state index in [1.54, 1.807) is 6.07 Å². The summed E-state index contributed by atoms with van der Waals surface area (Å²) in [5, 5.41) is 0. The van der Waals surface area contributed by atoms with E-state index in [9.17, 15) is 4.39 Å². The van der Waals surface area contributed by atoms with Crippen LogP contribution in [0.15, 0.2) is 30.4 Å². The number of halogens is 1. The first-order valence-electron chi connectivity index (χ1n) is 5.56. The molecule has 0 amide bonds. The third-order valence-electron chi connectivity index (χ3n) is 2.74. The van der Waals surface area contributed by atoms with Crippen molar-refractivity contribution in [3.8, 4) is 0 Å². The van der Waals surface area contributed by atoms with Crippen molar-refractivity contribution in [1.29, 1.82) is 0 Å². The van der Waals surface area contributed by atoms with Crippen LogP contribution in [0.1, 0.15) is 43.7 Å². The van der Waals surface area contributed by atoms with Crippen LogP contribution in [0.5, 0.6) is 0 Å². The highest BCUT2D eigenvalue weighted by molar-refractivity contribution is 5.26. The highest BCUT2D eigenvalue weighted by atomic mass is 19.1. The van der Waals surface area contributed by atoms with E-state index in [-0.39, 0.29) is 5.82 Å². The van der Waals surface area contributed by atoms with Crippen LogP contribution >= 0.6 is 0 Å². The lowest BCUT2D eigenvalue weighted by atomic mass is 9.92. The number of aryl methyl sites for hydroxylation is 1. The molecule has 0 nitrogen and oxygen atoms in total. The van der Waals surface area contributed by atoms with Gasteiger partial charge in [0.15, 0.2) is 0 Å². The zero-order chi connectivity index (χ0) is 11.3. The highest BCUT2D eigenvalue weighted by Gasteiger charge is 2.12. The first-order valence-corrected chi connectivity index (χ1v) is 5.56. The van der Waals surface area contributed by atoms with Gasteiger partial charge in [0.25, 0.3) is 0 Å². The molecule has 0 saturated carbocycles. The number of rotatable bonds is 4. The summed E-state index contributed by atoms with van der Waals surface area (Å²) >= 11 is 0. The maximum atomic E-state index is 13.7. The predicted molar refractivity (Wildman–Crippen MR) is 63.6 cm³/mol. The van der Waals surface area contributed by atoms with Crippen molar-refractivity contribution in [3.63, 3.8) is 0 Å². The van der Waals surface area contributed by atoms with Crippen molar-refractivity contribution in [2.45, 2.75) is 39.5 Å². The van der Waals surface area contributed by atoms with E-state index in [4.69, 9.17) is 0 Å². The second-order valence-electron chi connectivity index (χ2n) is 3.93. The van der Waals surface area contributed by atoms with Gasteiger partial charge < -0.3 is 0 Å². The lowest BCUT2D eigenvalue weighted by Crippen LogP contribution is -1.99. The van der Waals surface area contributed by atoms with Crippen LogP contribution in [0.4, 0.5) is 4.39 Å². The van der Waals surface area contributed by atoms with Gasteiger partial charge in [-0.3, -0.25) is 0 Å². The molecule has 15 heavy (non-hydrogen) atoms. The molecule has 1 aromatic rings. The lowest BCUT2D eigenvalue weighted by molar-refractivity contribution is 0.568. The molecule has 0 aliphatic heterocycles. The Morgan fingerprint density at radius 1 is 1.40 bits per heavy atom. The van der Waals surface area contributed by atoms with Crippen LogP contribution in [0, 0.1) is 12.7 Å². The molecule has 0 aromatic heterocycles. The summed E-state index contributed by atoms with van der Waals surface area (Å²) in [6, 6.07) is 5.52. The first-order chi connectivity index (χ1) is 7.19. The summed E-state index contributed by atoms with van der Waals surface area (Å²) in [5.41, 5.74) is 1.83. The average molecular weight is 206 g/mol. The Labute approximate surface area is 91.8 Å². The Morgan fingerprint density at radius 2 is 2.13 bits per heavy atom. The Balaban J connectivity index is 2.91. The van der Waals surface area contributed by atoms with Gasteiger partial charge in [-0.2, -0.15) is 0 Å². The molecule has 1 heteroatoms. The average Bonchev–Trinajstić information content (AvgIpc) is 2.21. The topological polar surface area (TPSA) is 0 Å². The van der Waals surface area contributed by atoms with Crippen molar-refractivity contribution in [2.24, 2.45) is 0 Å². The van der Waals surface area contributed by atoms with Crippen LogP contribution in [-0.2, 0) is 0 Å². The molecule has 0 bridgehead atoms. The lowest BCUT2D eigenvalue weighted by Gasteiger charge is -2.14. The Kier molecular flexibility index (Phi) is 4.54. The van der Waals surface area contributed by atoms with Crippen LogP contribution in [0.25, 0.3) is 0 Å². The summed E-state index contributed by atoms with van der Waals surface area (Å²) in [6.45, 7) is 6.02. The van der Waals surface area contributed by atoms with E-state index in [1.807, 2.05) is 32.1 Å². The molecule has 0 aliphatic carbocycles. The summed E-state index contributed by atoms with van der Waals surface area (Å²) in [5.74, 6) is 0.244. The third-order valence-corrected chi connectivity index (χ3v) is 2.74. The van der Waals surface area contributed by atoms with Gasteiger partial charge in [-0.25, -0.2) is 4.39 Å². The molecular formula is C14H19F. The van der Waals surface area contributed by atoms with E-state index in [0.717, 1.165) is 24.0 Å². The Bertz CT molecular complexity index is 339. The van der Waals surface area contributed by atoms with Crippen molar-refractivity contribution in [2.75, 3.05) is 0 Å². The van der Waals surface area contributed by atoms with Gasteiger partial charge in [0.2, 0.25) is 0 Å². The van der Waals surface area contributed by atoms with Crippen molar-refractivity contribution in [1.82, 2.24) is 0 Å². The Hall–Kier alpha value is -1.11. The van der Waals surface area contributed by atoms with E-state index in [1.165, 1.54) is 0 Å². The van der Waals surface area contributed by atoms with E-state index < -0.39 is 0 Å². The molecule has 1 aromatic carbocycles. The molecule has 1 atom stereocenters. The zero-order valence-corrected chi connectivity index (χ0v) is 9.76. The minimum Gasteiger partial charge on any atom is -0.207 e. The normalized spacial score (nSPS) is 13.3. The number of hydrogen-bond acceptors (Lipinski definition) is 0. The van der Waals surface area contributed by atoms with Gasteiger partial charge in [-0.15, -0.1) is 0 Å². The molecule has 0 N–H and O–H groups in total. The van der Waals surface area contributed by atoms with E-state index >= 15 is 0 Å². The second-order valence-corrected chi connectivity index (χ2v) is 3.93. The number of hydrogen-bond donors (Lipinski definition) is 0. The zero-order valence-electron chi connectivity index (χ0n) is 9.76. The summed E-state index contributed by atoms with van der Waals surface area (Å²) in [7, 11) is 0. The molecule has 1 unspecified atom stereocenters. The number of allylic oxidation sites excluding steroid dienone is 2. The molecular weight excluding hydrogens is 187 g/mol. The molecule has 0 heterocycles. The van der Waals surface area contributed by atoms with Crippen LogP contribution in [0.3, 0.4) is 0 Å². The predicted octanol–water partition coefficient (Wildman–Crippen LogP) is 4.59. The second kappa shape index (κ2) is 5.69. The summed E-state index contributed by atoms with van der Waals surface area (Å²) < 4.78 is 13.7. The molecule has 1 rings (SSSR count). The highest BCUT2D eigenvalue weighted by Crippen LogP contribution is 2.26. The smallest absolute Gasteiger partial charge is 0.126 e. The quantitative estimate of drug-likeness (QED) is 0.632. The fourth-order valence-electron chi connectivity index (χ4n) is 1.78. The molecule has 0 saturated heterocycles. The SMILES string of the molecule is C/C=C\CC(CC)c1ccc(C)cc1F. The minimum atomic E-state index is -0.0636. The van der Waals surface area contributed by atoms with Gasteiger partial charge >= 0.3 is 0 Å². The van der Waals surface area contributed by atoms with Crippen LogP contribution in [0.2, 0.25) is 0 Å². The Morgan fingerprint density at radius 3 is 2.67 bits per heavy atom.